The summed E-state index contributed by atoms with van der Waals surface area (Å²) in [6.07, 6.45) is 1.28. The highest BCUT2D eigenvalue weighted by molar-refractivity contribution is 8.01. The number of carbonyl (C=O) groups is 2. The number of anilines is 1. The molecule has 0 spiro atoms. The standard InChI is InChI=1S/C25H27N3O2S2/c1-2-19-8-10-20(11-9-19)23(29)18-32-25-26-21(17-31-25)16-24(30)28-14-12-27(13-15-28)22-6-4-3-5-7-22/h3-11,17H,2,12-16,18H2,1H3. The Morgan fingerprint density at radius 3 is 2.41 bits per heavy atom. The Balaban J connectivity index is 1.24. The maximum Gasteiger partial charge on any atom is 0.228 e. The summed E-state index contributed by atoms with van der Waals surface area (Å²) >= 11 is 2.94. The Kier molecular flexibility index (Phi) is 7.60. The highest BCUT2D eigenvalue weighted by atomic mass is 32.2. The average Bonchev–Trinajstić information content (AvgIpc) is 3.30. The number of rotatable bonds is 8. The van der Waals surface area contributed by atoms with Gasteiger partial charge in [-0.15, -0.1) is 11.3 Å². The van der Waals surface area contributed by atoms with E-state index in [4.69, 9.17) is 0 Å². The Morgan fingerprint density at radius 1 is 1.00 bits per heavy atom. The molecule has 0 saturated carbocycles. The number of hydrogen-bond acceptors (Lipinski definition) is 6. The zero-order chi connectivity index (χ0) is 22.3. The van der Waals surface area contributed by atoms with Crippen LogP contribution < -0.4 is 4.90 Å². The van der Waals surface area contributed by atoms with Gasteiger partial charge >= 0.3 is 0 Å². The largest absolute Gasteiger partial charge is 0.368 e. The van der Waals surface area contributed by atoms with E-state index in [0.29, 0.717) is 12.2 Å². The zero-order valence-corrected chi connectivity index (χ0v) is 19.8. The van der Waals surface area contributed by atoms with Gasteiger partial charge in [0, 0.05) is 42.8 Å². The third kappa shape index (κ3) is 5.78. The molecule has 7 heteroatoms. The molecule has 1 saturated heterocycles. The molecule has 1 aliphatic heterocycles. The van der Waals surface area contributed by atoms with Crippen molar-refractivity contribution in [2.75, 3.05) is 36.8 Å². The Hall–Kier alpha value is -2.64. The van der Waals surface area contributed by atoms with Crippen LogP contribution in [0.25, 0.3) is 0 Å². The lowest BCUT2D eigenvalue weighted by Crippen LogP contribution is -2.49. The molecule has 2 heterocycles. The first-order chi connectivity index (χ1) is 15.6. The van der Waals surface area contributed by atoms with Gasteiger partial charge in [-0.25, -0.2) is 4.98 Å². The minimum absolute atomic E-state index is 0.0989. The third-order valence-electron chi connectivity index (χ3n) is 5.63. The van der Waals surface area contributed by atoms with Crippen LogP contribution in [-0.2, 0) is 17.6 Å². The SMILES string of the molecule is CCc1ccc(C(=O)CSc2nc(CC(=O)N3CCN(c4ccccc4)CC3)cs2)cc1. The van der Waals surface area contributed by atoms with Gasteiger partial charge in [0.15, 0.2) is 10.1 Å². The number of Topliss-reactive ketones (excluding diaryl/α,β-unsaturated/α-hetero) is 1. The second-order valence-corrected chi connectivity index (χ2v) is 9.83. The molecular weight excluding hydrogens is 438 g/mol. The minimum Gasteiger partial charge on any atom is -0.368 e. The Morgan fingerprint density at radius 2 is 1.72 bits per heavy atom. The van der Waals surface area contributed by atoms with Gasteiger partial charge in [0.25, 0.3) is 0 Å². The molecule has 0 unspecified atom stereocenters. The number of ketones is 1. The van der Waals surface area contributed by atoms with Gasteiger partial charge in [-0.2, -0.15) is 0 Å². The fourth-order valence-electron chi connectivity index (χ4n) is 3.69. The highest BCUT2D eigenvalue weighted by Gasteiger charge is 2.22. The van der Waals surface area contributed by atoms with Gasteiger partial charge < -0.3 is 9.80 Å². The summed E-state index contributed by atoms with van der Waals surface area (Å²) in [5.41, 5.74) is 3.95. The number of aromatic nitrogens is 1. The molecule has 0 bridgehead atoms. The fourth-order valence-corrected chi connectivity index (χ4v) is 5.43. The number of nitrogens with zero attached hydrogens (tertiary/aromatic N) is 3. The van der Waals surface area contributed by atoms with Gasteiger partial charge in [-0.1, -0.05) is 61.2 Å². The maximum atomic E-state index is 12.7. The van der Waals surface area contributed by atoms with Gasteiger partial charge in [0.1, 0.15) is 0 Å². The molecule has 0 N–H and O–H groups in total. The molecule has 1 amide bonds. The highest BCUT2D eigenvalue weighted by Crippen LogP contribution is 2.24. The first-order valence-corrected chi connectivity index (χ1v) is 12.8. The summed E-state index contributed by atoms with van der Waals surface area (Å²) < 4.78 is 0.834. The lowest BCUT2D eigenvalue weighted by atomic mass is 10.1. The summed E-state index contributed by atoms with van der Waals surface area (Å²) in [6, 6.07) is 18.1. The predicted octanol–water partition coefficient (Wildman–Crippen LogP) is 4.57. The number of para-hydroxylation sites is 1. The van der Waals surface area contributed by atoms with E-state index in [-0.39, 0.29) is 11.7 Å². The van der Waals surface area contributed by atoms with Crippen molar-refractivity contribution < 1.29 is 9.59 Å². The van der Waals surface area contributed by atoms with Crippen molar-refractivity contribution in [2.45, 2.75) is 24.1 Å². The molecule has 5 nitrogen and oxygen atoms in total. The summed E-state index contributed by atoms with van der Waals surface area (Å²) in [7, 11) is 0. The van der Waals surface area contributed by atoms with Crippen LogP contribution in [0.4, 0.5) is 5.69 Å². The molecular formula is C25H27N3O2S2. The lowest BCUT2D eigenvalue weighted by Gasteiger charge is -2.36. The number of aryl methyl sites for hydroxylation is 1. The Labute approximate surface area is 197 Å². The van der Waals surface area contributed by atoms with Crippen LogP contribution in [0.15, 0.2) is 64.3 Å². The van der Waals surface area contributed by atoms with Crippen LogP contribution >= 0.6 is 23.1 Å². The molecule has 0 aliphatic carbocycles. The van der Waals surface area contributed by atoms with Crippen LogP contribution in [0.3, 0.4) is 0 Å². The number of piperazine rings is 1. The van der Waals surface area contributed by atoms with Gasteiger partial charge in [0.05, 0.1) is 17.9 Å². The van der Waals surface area contributed by atoms with Gasteiger partial charge in [-0.05, 0) is 24.1 Å². The fraction of sp³-hybridized carbons (Fsp3) is 0.320. The van der Waals surface area contributed by atoms with Crippen molar-refractivity contribution >= 4 is 40.5 Å². The summed E-state index contributed by atoms with van der Waals surface area (Å²) in [5.74, 6) is 0.571. The van der Waals surface area contributed by atoms with E-state index in [0.717, 1.165) is 48.2 Å². The van der Waals surface area contributed by atoms with E-state index < -0.39 is 0 Å². The normalized spacial score (nSPS) is 13.9. The van der Waals surface area contributed by atoms with Gasteiger partial charge in [-0.3, -0.25) is 9.59 Å². The molecule has 4 rings (SSSR count). The second-order valence-electron chi connectivity index (χ2n) is 7.75. The van der Waals surface area contributed by atoms with Crippen molar-refractivity contribution in [1.82, 2.24) is 9.88 Å². The number of carbonyl (C=O) groups excluding carboxylic acids is 2. The van der Waals surface area contributed by atoms with E-state index in [1.54, 1.807) is 0 Å². The Bertz CT molecular complexity index is 1040. The van der Waals surface area contributed by atoms with Gasteiger partial charge in [0.2, 0.25) is 5.91 Å². The van der Waals surface area contributed by atoms with Crippen LogP contribution in [0, 0.1) is 0 Å². The summed E-state index contributed by atoms with van der Waals surface area (Å²) in [4.78, 5) is 34.0. The molecule has 1 aromatic heterocycles. The molecule has 3 aromatic rings. The monoisotopic (exact) mass is 465 g/mol. The molecule has 1 aliphatic rings. The van der Waals surface area contributed by atoms with Crippen LogP contribution in [0.2, 0.25) is 0 Å². The molecule has 1 fully saturated rings. The number of amides is 1. The number of hydrogen-bond donors (Lipinski definition) is 0. The lowest BCUT2D eigenvalue weighted by molar-refractivity contribution is -0.130. The summed E-state index contributed by atoms with van der Waals surface area (Å²) in [5, 5.41) is 1.93. The molecule has 32 heavy (non-hydrogen) atoms. The van der Waals surface area contributed by atoms with Crippen LogP contribution in [0.5, 0.6) is 0 Å². The third-order valence-corrected chi connectivity index (χ3v) is 7.70. The van der Waals surface area contributed by atoms with Crippen molar-refractivity contribution in [3.8, 4) is 0 Å². The predicted molar refractivity (Wildman–Crippen MR) is 132 cm³/mol. The van der Waals surface area contributed by atoms with Crippen LogP contribution in [-0.4, -0.2) is 53.5 Å². The molecule has 0 radical (unpaired) electrons. The molecule has 0 atom stereocenters. The maximum absolute atomic E-state index is 12.7. The van der Waals surface area contributed by atoms with E-state index >= 15 is 0 Å². The second kappa shape index (κ2) is 10.8. The van der Waals surface area contributed by atoms with E-state index in [1.807, 2.05) is 52.7 Å². The first-order valence-electron chi connectivity index (χ1n) is 10.9. The van der Waals surface area contributed by atoms with Crippen LogP contribution in [0.1, 0.15) is 28.5 Å². The number of benzene rings is 2. The number of thioether (sulfide) groups is 1. The average molecular weight is 466 g/mol. The van der Waals surface area contributed by atoms with E-state index in [1.165, 1.54) is 34.3 Å². The topological polar surface area (TPSA) is 53.5 Å². The molecule has 2 aromatic carbocycles. The quantitative estimate of drug-likeness (QED) is 0.360. The molecule has 166 valence electrons. The van der Waals surface area contributed by atoms with Crippen molar-refractivity contribution in [3.05, 3.63) is 76.8 Å². The van der Waals surface area contributed by atoms with Crippen molar-refractivity contribution in [2.24, 2.45) is 0 Å². The zero-order valence-electron chi connectivity index (χ0n) is 18.2. The van der Waals surface area contributed by atoms with E-state index in [9.17, 15) is 9.59 Å². The smallest absolute Gasteiger partial charge is 0.228 e. The van der Waals surface area contributed by atoms with E-state index in [2.05, 4.69) is 28.9 Å². The minimum atomic E-state index is 0.0989. The van der Waals surface area contributed by atoms with Crippen molar-refractivity contribution in [1.29, 1.82) is 0 Å². The summed E-state index contributed by atoms with van der Waals surface area (Å²) in [6.45, 7) is 5.24. The number of thiazole rings is 1. The first kappa shape index (κ1) is 22.6. The van der Waals surface area contributed by atoms with Crippen molar-refractivity contribution in [3.63, 3.8) is 0 Å².